The van der Waals surface area contributed by atoms with Gasteiger partial charge in [0.25, 0.3) is 0 Å². The number of pyridine rings is 1. The first-order valence-electron chi connectivity index (χ1n) is 10.2. The van der Waals surface area contributed by atoms with Crippen LogP contribution in [-0.2, 0) is 17.8 Å². The Morgan fingerprint density at radius 1 is 1.39 bits per heavy atom. The Morgan fingerprint density at radius 3 is 2.83 bits per heavy atom. The molecular weight excluding hydrogens is 292 g/mol. The molecule has 0 bridgehead atoms. The Hall–Kier alpha value is -2.18. The average Bonchev–Trinajstić information content (AvgIpc) is 2.97. The highest BCUT2D eigenvalue weighted by Gasteiger charge is 2.22. The van der Waals surface area contributed by atoms with Crippen LogP contribution >= 0.6 is 0 Å². The minimum Gasteiger partial charge on any atom is -0.389 e. The molecule has 6 nitrogen and oxygen atoms in total. The molecule has 2 heterocycles. The molecule has 0 aliphatic rings. The molecule has 0 aliphatic heterocycles. The van der Waals surface area contributed by atoms with Crippen LogP contribution in [0.15, 0.2) is 24.2 Å². The van der Waals surface area contributed by atoms with Gasteiger partial charge in [-0.15, -0.1) is 0 Å². The number of nitrogens with zero attached hydrogens (tertiary/aromatic N) is 3. The highest BCUT2D eigenvalue weighted by atomic mass is 16.5. The molecule has 2 aromatic heterocycles. The van der Waals surface area contributed by atoms with Crippen molar-refractivity contribution in [3.63, 3.8) is 0 Å². The first kappa shape index (κ1) is 9.85. The summed E-state index contributed by atoms with van der Waals surface area (Å²) < 4.78 is 55.5. The van der Waals surface area contributed by atoms with E-state index < -0.39 is 24.2 Å². The van der Waals surface area contributed by atoms with Gasteiger partial charge in [0.05, 0.1) is 31.4 Å². The zero-order valence-corrected chi connectivity index (χ0v) is 13.2. The molecule has 0 saturated carbocycles. The van der Waals surface area contributed by atoms with Crippen molar-refractivity contribution in [2.75, 3.05) is 12.3 Å². The molecule has 122 valence electrons. The molecule has 0 amide bonds. The molecule has 3 aromatic rings. The monoisotopic (exact) mass is 320 g/mol. The lowest BCUT2D eigenvalue weighted by Gasteiger charge is -2.20. The van der Waals surface area contributed by atoms with Crippen molar-refractivity contribution in [2.24, 2.45) is 0 Å². The third-order valence-corrected chi connectivity index (χ3v) is 3.20. The third kappa shape index (κ3) is 3.00. The maximum absolute atomic E-state index is 10.4. The Kier molecular flexibility index (Phi) is 2.48. The summed E-state index contributed by atoms with van der Waals surface area (Å²) in [5.74, 6) is -0.287. The van der Waals surface area contributed by atoms with Crippen molar-refractivity contribution in [1.82, 2.24) is 14.5 Å². The maximum Gasteiger partial charge on any atom is 0.152 e. The van der Waals surface area contributed by atoms with Gasteiger partial charge in [0, 0.05) is 12.0 Å². The number of anilines is 1. The van der Waals surface area contributed by atoms with Gasteiger partial charge in [0.15, 0.2) is 5.82 Å². The number of aromatic nitrogens is 3. The summed E-state index contributed by atoms with van der Waals surface area (Å²) >= 11 is 0. The van der Waals surface area contributed by atoms with Crippen LogP contribution < -0.4 is 5.73 Å². The number of nitrogen functional groups attached to an aromatic ring is 1. The molecule has 1 aromatic carbocycles. The quantitative estimate of drug-likeness (QED) is 0.754. The Balaban J connectivity index is 2.58. The zero-order valence-electron chi connectivity index (χ0n) is 19.2. The summed E-state index contributed by atoms with van der Waals surface area (Å²) in [5, 5.41) is 10.5. The summed E-state index contributed by atoms with van der Waals surface area (Å²) in [6, 6.07) is -1.62. The number of hydrogen-bond acceptors (Lipinski definition) is 5. The fourth-order valence-corrected chi connectivity index (χ4v) is 2.37. The fraction of sp³-hybridized carbons (Fsp3) is 0.412. The van der Waals surface area contributed by atoms with E-state index in [-0.39, 0.29) is 58.8 Å². The molecule has 0 saturated heterocycles. The average molecular weight is 320 g/mol. The molecule has 3 rings (SSSR count). The summed E-state index contributed by atoms with van der Waals surface area (Å²) in [6.07, 6.45) is 0. The summed E-state index contributed by atoms with van der Waals surface area (Å²) in [6.45, 7) is 2.30. The molecule has 0 fully saturated rings. The second kappa shape index (κ2) is 5.79. The minimum absolute atomic E-state index is 0.0514. The van der Waals surface area contributed by atoms with E-state index in [4.69, 9.17) is 18.7 Å². The van der Waals surface area contributed by atoms with Crippen LogP contribution in [0.4, 0.5) is 5.82 Å². The molecule has 0 radical (unpaired) electrons. The van der Waals surface area contributed by atoms with Crippen LogP contribution in [0.5, 0.6) is 0 Å². The molecule has 3 N–H and O–H groups in total. The number of nitrogens with two attached hydrogens (primary N) is 1. The van der Waals surface area contributed by atoms with Gasteiger partial charge in [-0.1, -0.05) is 18.1 Å². The second-order valence-corrected chi connectivity index (χ2v) is 5.79. The van der Waals surface area contributed by atoms with Gasteiger partial charge in [0.1, 0.15) is 17.9 Å². The normalized spacial score (nSPS) is 16.7. The van der Waals surface area contributed by atoms with Crippen molar-refractivity contribution in [1.29, 1.82) is 0 Å². The van der Waals surface area contributed by atoms with Gasteiger partial charge >= 0.3 is 0 Å². The third-order valence-electron chi connectivity index (χ3n) is 3.20. The predicted octanol–water partition coefficient (Wildman–Crippen LogP) is 2.47. The van der Waals surface area contributed by atoms with Crippen LogP contribution in [0.25, 0.3) is 21.9 Å². The van der Waals surface area contributed by atoms with Crippen molar-refractivity contribution in [3.8, 4) is 0 Å². The zero-order chi connectivity index (χ0) is 21.9. The lowest BCUT2D eigenvalue weighted by Crippen LogP contribution is -2.27. The molecule has 0 unspecified atom stereocenters. The number of imidazole rings is 1. The summed E-state index contributed by atoms with van der Waals surface area (Å²) in [5.41, 5.74) is 4.92. The van der Waals surface area contributed by atoms with E-state index in [0.29, 0.717) is 0 Å². The van der Waals surface area contributed by atoms with Gasteiger partial charge in [0.2, 0.25) is 0 Å². The van der Waals surface area contributed by atoms with E-state index in [1.54, 1.807) is 6.92 Å². The molecule has 0 spiro atoms. The summed E-state index contributed by atoms with van der Waals surface area (Å²) in [7, 11) is 0. The van der Waals surface area contributed by atoms with Gasteiger partial charge < -0.3 is 20.1 Å². The van der Waals surface area contributed by atoms with E-state index in [0.717, 1.165) is 0 Å². The van der Waals surface area contributed by atoms with E-state index in [1.807, 2.05) is 0 Å². The summed E-state index contributed by atoms with van der Waals surface area (Å²) in [4.78, 5) is 8.38. The van der Waals surface area contributed by atoms with Crippen molar-refractivity contribution < 1.29 is 18.1 Å². The number of benzene rings is 1. The number of ether oxygens (including phenoxy) is 1. The van der Waals surface area contributed by atoms with Crippen molar-refractivity contribution >= 4 is 27.8 Å². The molecule has 0 atom stereocenters. The van der Waals surface area contributed by atoms with E-state index >= 15 is 0 Å². The highest BCUT2D eigenvalue weighted by Crippen LogP contribution is 2.30. The van der Waals surface area contributed by atoms with E-state index in [1.165, 1.54) is 18.4 Å². The first-order valence-corrected chi connectivity index (χ1v) is 7.22. The predicted molar refractivity (Wildman–Crippen MR) is 91.1 cm³/mol. The highest BCUT2D eigenvalue weighted by molar-refractivity contribution is 6.06. The molecule has 6 heteroatoms. The largest absolute Gasteiger partial charge is 0.389 e. The first-order chi connectivity index (χ1) is 13.3. The van der Waals surface area contributed by atoms with Crippen LogP contribution in [-0.4, -0.2) is 31.8 Å². The van der Waals surface area contributed by atoms with Gasteiger partial charge in [-0.2, -0.15) is 0 Å². The van der Waals surface area contributed by atoms with E-state index in [9.17, 15) is 5.11 Å². The second-order valence-electron chi connectivity index (χ2n) is 5.79. The molecular formula is C17H22N4O2. The number of fused-ring (bicyclic) bond motifs is 3. The standard InChI is InChI=1S/C17H22N4O2/c1-4-23-9-13-20-14-15(21(13)10-17(2,3)22)11-7-5-6-8-12(11)19-16(14)18/h5-8,22H,4,9-10H2,1-3H3,(H2,18,19)/i5D,6D,7D,8D,9D2. The molecule has 0 aliphatic carbocycles. The van der Waals surface area contributed by atoms with Crippen molar-refractivity contribution in [2.45, 2.75) is 39.5 Å². The fourth-order valence-electron chi connectivity index (χ4n) is 2.37. The minimum atomic E-state index is -2.33. The number of para-hydroxylation sites is 1. The molecule has 23 heavy (non-hydrogen) atoms. The van der Waals surface area contributed by atoms with Crippen molar-refractivity contribution in [3.05, 3.63) is 30.0 Å². The number of hydrogen-bond donors (Lipinski definition) is 2. The van der Waals surface area contributed by atoms with Crippen LogP contribution in [0.3, 0.4) is 0 Å². The maximum atomic E-state index is 10.4. The van der Waals surface area contributed by atoms with Gasteiger partial charge in [-0.25, -0.2) is 9.97 Å². The Bertz CT molecular complexity index is 1120. The van der Waals surface area contributed by atoms with Crippen LogP contribution in [0.1, 0.15) is 34.8 Å². The SMILES string of the molecule is [2H]c1c([2H])c([2H])c2c(nc(N)c3nc(C([2H])([2H])OCC)n(CC(C)(C)O)c32)c1[2H]. The Labute approximate surface area is 143 Å². The smallest absolute Gasteiger partial charge is 0.152 e. The van der Waals surface area contributed by atoms with Crippen LogP contribution in [0, 0.1) is 0 Å². The van der Waals surface area contributed by atoms with E-state index in [2.05, 4.69) is 9.97 Å². The van der Waals surface area contributed by atoms with Gasteiger partial charge in [-0.3, -0.25) is 0 Å². The number of rotatable bonds is 5. The van der Waals surface area contributed by atoms with Gasteiger partial charge in [-0.05, 0) is 26.8 Å². The number of aliphatic hydroxyl groups is 1. The lowest BCUT2D eigenvalue weighted by molar-refractivity contribution is 0.0582. The Morgan fingerprint density at radius 2 is 2.13 bits per heavy atom. The topological polar surface area (TPSA) is 86.2 Å². The lowest BCUT2D eigenvalue weighted by atomic mass is 10.1. The van der Waals surface area contributed by atoms with Crippen LogP contribution in [0.2, 0.25) is 0 Å².